The van der Waals surface area contributed by atoms with E-state index in [2.05, 4.69) is 32.3 Å². The molecule has 2 bridgehead atoms. The number of nitrogens with one attached hydrogen (secondary N) is 1. The van der Waals surface area contributed by atoms with Gasteiger partial charge in [-0.3, -0.25) is 4.79 Å². The third-order valence-corrected chi connectivity index (χ3v) is 7.36. The zero-order valence-electron chi connectivity index (χ0n) is 14.5. The Morgan fingerprint density at radius 2 is 2.17 bits per heavy atom. The van der Waals surface area contributed by atoms with Crippen LogP contribution in [0.25, 0.3) is 12.2 Å². The van der Waals surface area contributed by atoms with Crippen LogP contribution in [-0.4, -0.2) is 23.7 Å². The van der Waals surface area contributed by atoms with E-state index in [0.717, 1.165) is 29.2 Å². The van der Waals surface area contributed by atoms with Crippen LogP contribution in [0.3, 0.4) is 0 Å². The van der Waals surface area contributed by atoms with E-state index in [4.69, 9.17) is 0 Å². The summed E-state index contributed by atoms with van der Waals surface area (Å²) in [6, 6.07) is 0.148. The lowest BCUT2D eigenvalue weighted by molar-refractivity contribution is -0.114. The van der Waals surface area contributed by atoms with Crippen LogP contribution in [0.4, 0.5) is 0 Å². The van der Waals surface area contributed by atoms with Gasteiger partial charge in [0.2, 0.25) is 0 Å². The molecule has 1 aromatic heterocycles. The number of thiophene rings is 1. The summed E-state index contributed by atoms with van der Waals surface area (Å²) >= 11 is 1.52. The van der Waals surface area contributed by atoms with Gasteiger partial charge in [-0.25, -0.2) is 0 Å². The maximum Gasteiger partial charge on any atom is 0.252 e. The lowest BCUT2D eigenvalue weighted by Crippen LogP contribution is -2.63. The number of rotatable bonds is 6. The van der Waals surface area contributed by atoms with Crippen molar-refractivity contribution in [2.45, 2.75) is 39.2 Å². The first kappa shape index (κ1) is 17.4. The highest BCUT2D eigenvalue weighted by atomic mass is 32.1. The van der Waals surface area contributed by atoms with Crippen LogP contribution in [0.5, 0.6) is 0 Å². The van der Waals surface area contributed by atoms with E-state index in [1.165, 1.54) is 17.8 Å². The van der Waals surface area contributed by atoms with Gasteiger partial charge in [-0.05, 0) is 42.4 Å². The molecule has 4 heteroatoms. The second-order valence-electron chi connectivity index (χ2n) is 7.70. The molecule has 3 aliphatic rings. The van der Waals surface area contributed by atoms with Gasteiger partial charge in [-0.1, -0.05) is 39.2 Å². The number of aliphatic hydroxyl groups is 1. The quantitative estimate of drug-likeness (QED) is 0.812. The van der Waals surface area contributed by atoms with E-state index in [1.54, 1.807) is 12.2 Å². The highest BCUT2D eigenvalue weighted by Gasteiger charge is 2.57. The minimum Gasteiger partial charge on any atom is -0.396 e. The third kappa shape index (κ3) is 2.66. The zero-order chi connectivity index (χ0) is 17.5. The molecule has 1 amide bonds. The van der Waals surface area contributed by atoms with Crippen molar-refractivity contribution in [3.63, 3.8) is 0 Å². The predicted molar refractivity (Wildman–Crippen MR) is 101 cm³/mol. The standard InChI is InChI=1S/C20H27NO2S/c1-5-14-15(11-24-17(14)6-2)19(23)21-18-12(7-8-22)9-13-10-16(18)20(13,3)4/h5-6,11-13,16,18,22H,1-2,7-10H2,3-4H3,(H,21,23)/t12?,13-,16?,18+/m0/s1. The Bertz CT molecular complexity index is 661. The van der Waals surface area contributed by atoms with E-state index < -0.39 is 0 Å². The molecular formula is C20H27NO2S. The molecule has 2 unspecified atom stereocenters. The average Bonchev–Trinajstić information content (AvgIpc) is 2.99. The van der Waals surface area contributed by atoms with E-state index in [1.807, 2.05) is 5.38 Å². The molecule has 130 valence electrons. The van der Waals surface area contributed by atoms with Crippen molar-refractivity contribution in [2.24, 2.45) is 23.2 Å². The molecule has 24 heavy (non-hydrogen) atoms. The molecule has 0 radical (unpaired) electrons. The first-order chi connectivity index (χ1) is 11.4. The van der Waals surface area contributed by atoms with Crippen LogP contribution in [-0.2, 0) is 0 Å². The van der Waals surface area contributed by atoms with Gasteiger partial charge in [0, 0.05) is 28.5 Å². The Morgan fingerprint density at radius 3 is 2.75 bits per heavy atom. The number of fused-ring (bicyclic) bond motifs is 2. The lowest BCUT2D eigenvalue weighted by atomic mass is 9.44. The molecule has 2 N–H and O–H groups in total. The largest absolute Gasteiger partial charge is 0.396 e. The minimum absolute atomic E-state index is 0.0247. The molecule has 0 saturated heterocycles. The molecule has 3 fully saturated rings. The van der Waals surface area contributed by atoms with Gasteiger partial charge in [0.05, 0.1) is 5.56 Å². The van der Waals surface area contributed by atoms with Crippen molar-refractivity contribution in [3.8, 4) is 0 Å². The van der Waals surface area contributed by atoms with Crippen LogP contribution in [0.1, 0.15) is 53.9 Å². The van der Waals surface area contributed by atoms with Crippen molar-refractivity contribution in [3.05, 3.63) is 34.5 Å². The molecule has 4 rings (SSSR count). The molecule has 1 heterocycles. The fourth-order valence-corrected chi connectivity index (χ4v) is 5.64. The monoisotopic (exact) mass is 345 g/mol. The maximum atomic E-state index is 12.9. The second kappa shape index (κ2) is 6.49. The average molecular weight is 346 g/mol. The van der Waals surface area contributed by atoms with Crippen molar-refractivity contribution in [1.29, 1.82) is 0 Å². The van der Waals surface area contributed by atoms with Crippen LogP contribution in [0, 0.1) is 23.2 Å². The summed E-state index contributed by atoms with van der Waals surface area (Å²) in [5, 5.41) is 14.6. The van der Waals surface area contributed by atoms with Gasteiger partial charge in [-0.15, -0.1) is 11.3 Å². The van der Waals surface area contributed by atoms with Gasteiger partial charge in [0.1, 0.15) is 0 Å². The first-order valence-electron chi connectivity index (χ1n) is 8.72. The summed E-state index contributed by atoms with van der Waals surface area (Å²) in [6.07, 6.45) is 6.57. The Hall–Kier alpha value is -1.39. The fraction of sp³-hybridized carbons (Fsp3) is 0.550. The number of aliphatic hydroxyl groups excluding tert-OH is 1. The van der Waals surface area contributed by atoms with Gasteiger partial charge in [0.25, 0.3) is 5.91 Å². The molecular weight excluding hydrogens is 318 g/mol. The normalized spacial score (nSPS) is 30.3. The molecule has 0 aromatic carbocycles. The molecule has 0 aliphatic heterocycles. The number of carbonyl (C=O) groups excluding carboxylic acids is 1. The SMILES string of the molecule is C=Cc1scc(C(=O)N[C@@H]2C(CCO)C[C@H]3CC2C3(C)C)c1C=C. The van der Waals surface area contributed by atoms with Crippen molar-refractivity contribution >= 4 is 29.4 Å². The minimum atomic E-state index is -0.0247. The highest BCUT2D eigenvalue weighted by molar-refractivity contribution is 7.11. The van der Waals surface area contributed by atoms with Crippen LogP contribution in [0.15, 0.2) is 18.5 Å². The lowest BCUT2D eigenvalue weighted by Gasteiger charge is -2.62. The third-order valence-electron chi connectivity index (χ3n) is 6.37. The molecule has 3 saturated carbocycles. The number of hydrogen-bond donors (Lipinski definition) is 2. The topological polar surface area (TPSA) is 49.3 Å². The Balaban J connectivity index is 1.82. The zero-order valence-corrected chi connectivity index (χ0v) is 15.4. The van der Waals surface area contributed by atoms with E-state index in [9.17, 15) is 9.90 Å². The Kier molecular flexibility index (Phi) is 4.71. The van der Waals surface area contributed by atoms with Gasteiger partial charge < -0.3 is 10.4 Å². The molecule has 3 aliphatic carbocycles. The second-order valence-corrected chi connectivity index (χ2v) is 8.61. The number of amides is 1. The molecule has 4 atom stereocenters. The summed E-state index contributed by atoms with van der Waals surface area (Å²) < 4.78 is 0. The number of carbonyl (C=O) groups is 1. The van der Waals surface area contributed by atoms with E-state index in [-0.39, 0.29) is 24.0 Å². The van der Waals surface area contributed by atoms with Gasteiger partial charge >= 0.3 is 0 Å². The van der Waals surface area contributed by atoms with Crippen LogP contribution >= 0.6 is 11.3 Å². The van der Waals surface area contributed by atoms with Gasteiger partial charge in [-0.2, -0.15) is 0 Å². The maximum absolute atomic E-state index is 12.9. The highest BCUT2D eigenvalue weighted by Crippen LogP contribution is 2.61. The van der Waals surface area contributed by atoms with Crippen molar-refractivity contribution < 1.29 is 9.90 Å². The molecule has 3 nitrogen and oxygen atoms in total. The Morgan fingerprint density at radius 1 is 1.42 bits per heavy atom. The number of hydrogen-bond acceptors (Lipinski definition) is 3. The summed E-state index contributed by atoms with van der Waals surface area (Å²) in [4.78, 5) is 13.9. The van der Waals surface area contributed by atoms with E-state index in [0.29, 0.717) is 17.4 Å². The van der Waals surface area contributed by atoms with E-state index >= 15 is 0 Å². The first-order valence-corrected chi connectivity index (χ1v) is 9.60. The summed E-state index contributed by atoms with van der Waals surface area (Å²) in [5.41, 5.74) is 1.84. The molecule has 1 aromatic rings. The molecule has 0 spiro atoms. The predicted octanol–water partition coefficient (Wildman–Crippen LogP) is 4.20. The smallest absolute Gasteiger partial charge is 0.252 e. The summed E-state index contributed by atoms with van der Waals surface area (Å²) in [7, 11) is 0. The van der Waals surface area contributed by atoms with Gasteiger partial charge in [0.15, 0.2) is 0 Å². The van der Waals surface area contributed by atoms with Crippen molar-refractivity contribution in [2.75, 3.05) is 6.61 Å². The van der Waals surface area contributed by atoms with Crippen LogP contribution in [0.2, 0.25) is 0 Å². The summed E-state index contributed by atoms with van der Waals surface area (Å²) in [6.45, 7) is 12.5. The van der Waals surface area contributed by atoms with Crippen molar-refractivity contribution in [1.82, 2.24) is 5.32 Å². The fourth-order valence-electron chi connectivity index (χ4n) is 4.74. The Labute approximate surface area is 148 Å². The van der Waals surface area contributed by atoms with Crippen LogP contribution < -0.4 is 5.32 Å². The summed E-state index contributed by atoms with van der Waals surface area (Å²) in [5.74, 6) is 1.58.